The molecular weight excluding hydrogens is 268 g/mol. The van der Waals surface area contributed by atoms with Crippen LogP contribution in [0.2, 0.25) is 0 Å². The van der Waals surface area contributed by atoms with Crippen LogP contribution < -0.4 is 9.47 Å². The average Bonchev–Trinajstić information content (AvgIpc) is 2.55. The van der Waals surface area contributed by atoms with E-state index in [1.165, 1.54) is 0 Å². The van der Waals surface area contributed by atoms with E-state index in [1.807, 2.05) is 48.5 Å². The van der Waals surface area contributed by atoms with E-state index >= 15 is 0 Å². The van der Waals surface area contributed by atoms with Gasteiger partial charge in [-0.3, -0.25) is 0 Å². The fourth-order valence-electron chi connectivity index (χ4n) is 1.91. The van der Waals surface area contributed by atoms with Crippen molar-refractivity contribution in [3.05, 3.63) is 59.7 Å². The van der Waals surface area contributed by atoms with Gasteiger partial charge in [-0.2, -0.15) is 0 Å². The number of aliphatic hydroxyl groups is 2. The van der Waals surface area contributed by atoms with E-state index < -0.39 is 0 Å². The molecule has 0 radical (unpaired) electrons. The lowest BCUT2D eigenvalue weighted by molar-refractivity contribution is 0.245. The summed E-state index contributed by atoms with van der Waals surface area (Å²) in [6, 6.07) is 14.8. The van der Waals surface area contributed by atoms with Crippen molar-refractivity contribution in [3.8, 4) is 11.5 Å². The largest absolute Gasteiger partial charge is 0.493 e. The molecule has 0 spiro atoms. The zero-order chi connectivity index (χ0) is 14.9. The van der Waals surface area contributed by atoms with Crippen LogP contribution in [0.4, 0.5) is 0 Å². The van der Waals surface area contributed by atoms with Crippen molar-refractivity contribution in [2.24, 2.45) is 0 Å². The minimum atomic E-state index is 0.0154. The van der Waals surface area contributed by atoms with Crippen molar-refractivity contribution in [2.75, 3.05) is 13.2 Å². The Labute approximate surface area is 124 Å². The average molecular weight is 288 g/mol. The van der Waals surface area contributed by atoms with E-state index in [1.54, 1.807) is 0 Å². The topological polar surface area (TPSA) is 58.9 Å². The van der Waals surface area contributed by atoms with Gasteiger partial charge in [0.15, 0.2) is 0 Å². The van der Waals surface area contributed by atoms with Crippen molar-refractivity contribution in [1.29, 1.82) is 0 Å². The standard InChI is InChI=1S/C17H20O4/c18-12-14-4-1-6-16(10-14)20-8-3-9-21-17-7-2-5-15(11-17)13-19/h1-2,4-7,10-11,18-19H,3,8-9,12-13H2. The molecule has 0 aliphatic heterocycles. The Morgan fingerprint density at radius 3 is 1.62 bits per heavy atom. The first-order chi connectivity index (χ1) is 10.3. The highest BCUT2D eigenvalue weighted by Gasteiger charge is 1.98. The van der Waals surface area contributed by atoms with Crippen molar-refractivity contribution in [2.45, 2.75) is 19.6 Å². The summed E-state index contributed by atoms with van der Waals surface area (Å²) in [4.78, 5) is 0. The summed E-state index contributed by atoms with van der Waals surface area (Å²) in [7, 11) is 0. The van der Waals surface area contributed by atoms with Crippen LogP contribution in [-0.2, 0) is 13.2 Å². The summed E-state index contributed by atoms with van der Waals surface area (Å²) in [6.07, 6.45) is 0.757. The van der Waals surface area contributed by atoms with Gasteiger partial charge in [-0.05, 0) is 35.4 Å². The number of hydrogen-bond donors (Lipinski definition) is 2. The molecule has 0 aliphatic rings. The van der Waals surface area contributed by atoms with Gasteiger partial charge in [0.2, 0.25) is 0 Å². The number of ether oxygens (including phenoxy) is 2. The van der Waals surface area contributed by atoms with Crippen LogP contribution in [0.25, 0.3) is 0 Å². The smallest absolute Gasteiger partial charge is 0.119 e. The van der Waals surface area contributed by atoms with E-state index in [0.717, 1.165) is 29.0 Å². The van der Waals surface area contributed by atoms with Crippen molar-refractivity contribution >= 4 is 0 Å². The fraction of sp³-hybridized carbons (Fsp3) is 0.294. The molecule has 0 amide bonds. The lowest BCUT2D eigenvalue weighted by Crippen LogP contribution is -2.05. The van der Waals surface area contributed by atoms with Crippen LogP contribution in [0.15, 0.2) is 48.5 Å². The molecule has 4 nitrogen and oxygen atoms in total. The van der Waals surface area contributed by atoms with Gasteiger partial charge in [0, 0.05) is 6.42 Å². The number of benzene rings is 2. The van der Waals surface area contributed by atoms with Crippen molar-refractivity contribution in [1.82, 2.24) is 0 Å². The molecule has 2 rings (SSSR count). The van der Waals surface area contributed by atoms with Crippen LogP contribution in [0.1, 0.15) is 17.5 Å². The fourth-order valence-corrected chi connectivity index (χ4v) is 1.91. The zero-order valence-electron chi connectivity index (χ0n) is 11.9. The number of hydrogen-bond acceptors (Lipinski definition) is 4. The third-order valence-electron chi connectivity index (χ3n) is 2.99. The van der Waals surface area contributed by atoms with Crippen molar-refractivity contribution < 1.29 is 19.7 Å². The highest BCUT2D eigenvalue weighted by atomic mass is 16.5. The molecule has 0 heterocycles. The molecule has 0 bridgehead atoms. The first-order valence-corrected chi connectivity index (χ1v) is 6.97. The molecule has 0 aromatic heterocycles. The maximum atomic E-state index is 9.05. The molecule has 0 saturated carbocycles. The molecule has 2 N–H and O–H groups in total. The third-order valence-corrected chi connectivity index (χ3v) is 2.99. The summed E-state index contributed by atoms with van der Waals surface area (Å²) < 4.78 is 11.2. The van der Waals surface area contributed by atoms with Crippen LogP contribution in [0.5, 0.6) is 11.5 Å². The highest BCUT2D eigenvalue weighted by molar-refractivity contribution is 5.28. The van der Waals surface area contributed by atoms with Gasteiger partial charge in [-0.25, -0.2) is 0 Å². The maximum absolute atomic E-state index is 9.05. The maximum Gasteiger partial charge on any atom is 0.119 e. The van der Waals surface area contributed by atoms with E-state index in [2.05, 4.69) is 0 Å². The molecule has 2 aromatic rings. The molecular formula is C17H20O4. The molecule has 21 heavy (non-hydrogen) atoms. The molecule has 0 atom stereocenters. The van der Waals surface area contributed by atoms with E-state index in [0.29, 0.717) is 13.2 Å². The predicted molar refractivity (Wildman–Crippen MR) is 80.3 cm³/mol. The number of rotatable bonds is 8. The van der Waals surface area contributed by atoms with Crippen LogP contribution in [0, 0.1) is 0 Å². The predicted octanol–water partition coefficient (Wildman–Crippen LogP) is 2.52. The van der Waals surface area contributed by atoms with E-state index in [-0.39, 0.29) is 13.2 Å². The van der Waals surface area contributed by atoms with Gasteiger partial charge in [0.25, 0.3) is 0 Å². The molecule has 112 valence electrons. The SMILES string of the molecule is OCc1cccc(OCCCOc2cccc(CO)c2)c1. The van der Waals surface area contributed by atoms with Gasteiger partial charge >= 0.3 is 0 Å². The highest BCUT2D eigenvalue weighted by Crippen LogP contribution is 2.15. The van der Waals surface area contributed by atoms with Gasteiger partial charge < -0.3 is 19.7 Å². The van der Waals surface area contributed by atoms with E-state index in [9.17, 15) is 0 Å². The van der Waals surface area contributed by atoms with Crippen LogP contribution >= 0.6 is 0 Å². The van der Waals surface area contributed by atoms with Gasteiger partial charge in [-0.1, -0.05) is 24.3 Å². The minimum Gasteiger partial charge on any atom is -0.493 e. The first-order valence-electron chi connectivity index (χ1n) is 6.97. The summed E-state index contributed by atoms with van der Waals surface area (Å²) in [5, 5.41) is 18.1. The first kappa shape index (κ1) is 15.4. The lowest BCUT2D eigenvalue weighted by Gasteiger charge is -2.09. The monoisotopic (exact) mass is 288 g/mol. The van der Waals surface area contributed by atoms with Gasteiger partial charge in [-0.15, -0.1) is 0 Å². The quantitative estimate of drug-likeness (QED) is 0.733. The normalized spacial score (nSPS) is 10.4. The second-order valence-corrected chi connectivity index (χ2v) is 4.66. The minimum absolute atomic E-state index is 0.0154. The molecule has 0 aliphatic carbocycles. The summed E-state index contributed by atoms with van der Waals surface area (Å²) in [5.41, 5.74) is 1.68. The second-order valence-electron chi connectivity index (χ2n) is 4.66. The zero-order valence-corrected chi connectivity index (χ0v) is 11.9. The lowest BCUT2D eigenvalue weighted by atomic mass is 10.2. The number of aliphatic hydroxyl groups excluding tert-OH is 2. The van der Waals surface area contributed by atoms with E-state index in [4.69, 9.17) is 19.7 Å². The Morgan fingerprint density at radius 2 is 1.19 bits per heavy atom. The Balaban J connectivity index is 1.69. The Bertz CT molecular complexity index is 504. The summed E-state index contributed by atoms with van der Waals surface area (Å²) in [5.74, 6) is 1.51. The Morgan fingerprint density at radius 1 is 0.714 bits per heavy atom. The Hall–Kier alpha value is -2.04. The molecule has 2 aromatic carbocycles. The summed E-state index contributed by atoms with van der Waals surface area (Å²) >= 11 is 0. The molecule has 0 fully saturated rings. The summed E-state index contributed by atoms with van der Waals surface area (Å²) in [6.45, 7) is 1.13. The van der Waals surface area contributed by atoms with Crippen molar-refractivity contribution in [3.63, 3.8) is 0 Å². The molecule has 4 heteroatoms. The van der Waals surface area contributed by atoms with Gasteiger partial charge in [0.05, 0.1) is 26.4 Å². The van der Waals surface area contributed by atoms with Gasteiger partial charge in [0.1, 0.15) is 11.5 Å². The second kappa shape index (κ2) is 8.29. The molecule has 0 saturated heterocycles. The van der Waals surface area contributed by atoms with Crippen LogP contribution in [0.3, 0.4) is 0 Å². The van der Waals surface area contributed by atoms with Crippen LogP contribution in [-0.4, -0.2) is 23.4 Å². The third kappa shape index (κ3) is 5.10. The Kier molecular flexibility index (Phi) is 6.06. The molecule has 0 unspecified atom stereocenters.